The van der Waals surface area contributed by atoms with Crippen LogP contribution in [0, 0.1) is 0 Å². The summed E-state index contributed by atoms with van der Waals surface area (Å²) in [7, 11) is 0. The van der Waals surface area contributed by atoms with Gasteiger partial charge in [0.1, 0.15) is 5.82 Å². The van der Waals surface area contributed by atoms with Crippen molar-refractivity contribution >= 4 is 17.9 Å². The van der Waals surface area contributed by atoms with E-state index in [1.54, 1.807) is 12.1 Å². The van der Waals surface area contributed by atoms with Crippen molar-refractivity contribution in [3.8, 4) is 0 Å². The third-order valence-corrected chi connectivity index (χ3v) is 1.15. The smallest absolute Gasteiger partial charge is 0.225 e. The van der Waals surface area contributed by atoms with Gasteiger partial charge in [-0.25, -0.2) is 4.98 Å². The Morgan fingerprint density at radius 3 is 2.83 bits per heavy atom. The van der Waals surface area contributed by atoms with E-state index in [0.717, 1.165) is 0 Å². The molecule has 0 aliphatic carbocycles. The maximum Gasteiger partial charge on any atom is 0.225 e. The maximum absolute atomic E-state index is 9.85. The summed E-state index contributed by atoms with van der Waals surface area (Å²) in [6.45, 7) is 0. The van der Waals surface area contributed by atoms with Gasteiger partial charge in [-0.15, -0.1) is 0 Å². The molecule has 6 heteroatoms. The number of hydrogen-bond acceptors (Lipinski definition) is 5. The van der Waals surface area contributed by atoms with E-state index < -0.39 is 0 Å². The lowest BCUT2D eigenvalue weighted by Gasteiger charge is -2.02. The molecule has 0 unspecified atom stereocenters. The largest absolute Gasteiger partial charge is 0.291 e. The Morgan fingerprint density at radius 1 is 1.50 bits per heavy atom. The van der Waals surface area contributed by atoms with Gasteiger partial charge < -0.3 is 0 Å². The van der Waals surface area contributed by atoms with E-state index >= 15 is 0 Å². The van der Waals surface area contributed by atoms with Crippen molar-refractivity contribution in [1.82, 2.24) is 10.4 Å². The highest BCUT2D eigenvalue weighted by Crippen LogP contribution is 2.06. The number of pyridine rings is 1. The van der Waals surface area contributed by atoms with Crippen LogP contribution in [0.3, 0.4) is 0 Å². The van der Waals surface area contributed by atoms with Gasteiger partial charge in [-0.2, -0.15) is 0 Å². The van der Waals surface area contributed by atoms with Crippen LogP contribution in [-0.2, 0) is 4.79 Å². The average molecular weight is 168 g/mol. The molecule has 0 spiro atoms. The summed E-state index contributed by atoms with van der Waals surface area (Å²) >= 11 is 0. The summed E-state index contributed by atoms with van der Waals surface area (Å²) in [6.07, 6.45) is 1.91. The molecule has 64 valence electrons. The van der Waals surface area contributed by atoms with Crippen molar-refractivity contribution < 1.29 is 10.0 Å². The Balaban J connectivity index is 2.58. The van der Waals surface area contributed by atoms with Crippen molar-refractivity contribution in [2.75, 3.05) is 10.9 Å². The van der Waals surface area contributed by atoms with Gasteiger partial charge in [0.25, 0.3) is 0 Å². The molecule has 0 aliphatic rings. The first-order valence-electron chi connectivity index (χ1n) is 3.18. The van der Waals surface area contributed by atoms with E-state index in [0.29, 0.717) is 17.9 Å². The first-order chi connectivity index (χ1) is 5.86. The number of hydrazine groups is 1. The Hall–Kier alpha value is -1.82. The molecule has 0 atom stereocenters. The Labute approximate surface area is 68.5 Å². The highest BCUT2D eigenvalue weighted by molar-refractivity contribution is 5.52. The van der Waals surface area contributed by atoms with Gasteiger partial charge in [0, 0.05) is 0 Å². The Kier molecular flexibility index (Phi) is 2.86. The quantitative estimate of drug-likeness (QED) is 0.374. The zero-order valence-electron chi connectivity index (χ0n) is 6.11. The van der Waals surface area contributed by atoms with Gasteiger partial charge in [0.05, 0.1) is 11.9 Å². The lowest BCUT2D eigenvalue weighted by molar-refractivity contribution is -0.109. The van der Waals surface area contributed by atoms with E-state index in [1.165, 1.54) is 6.20 Å². The topological polar surface area (TPSA) is 86.3 Å². The number of hydrogen-bond donors (Lipinski definition) is 4. The summed E-state index contributed by atoms with van der Waals surface area (Å²) in [6, 6.07) is 3.19. The lowest BCUT2D eigenvalue weighted by Crippen LogP contribution is -2.19. The normalized spacial score (nSPS) is 8.75. The molecule has 1 heterocycles. The second kappa shape index (κ2) is 4.14. The molecule has 0 saturated carbocycles. The minimum absolute atomic E-state index is 0.478. The van der Waals surface area contributed by atoms with E-state index in [2.05, 4.69) is 15.8 Å². The number of anilines is 2. The highest BCUT2D eigenvalue weighted by Gasteiger charge is 1.91. The predicted molar refractivity (Wildman–Crippen MR) is 42.5 cm³/mol. The molecule has 0 saturated heterocycles. The average Bonchev–Trinajstić information content (AvgIpc) is 2.15. The van der Waals surface area contributed by atoms with Crippen molar-refractivity contribution in [3.63, 3.8) is 0 Å². The molecule has 0 aliphatic heterocycles. The molecule has 1 rings (SSSR count). The Bertz CT molecular complexity index is 248. The van der Waals surface area contributed by atoms with E-state index in [4.69, 9.17) is 5.21 Å². The monoisotopic (exact) mass is 168 g/mol. The molecular formula is C6H8N4O2. The van der Waals surface area contributed by atoms with Crippen LogP contribution >= 0.6 is 0 Å². The lowest BCUT2D eigenvalue weighted by atomic mass is 10.4. The molecule has 4 N–H and O–H groups in total. The summed E-state index contributed by atoms with van der Waals surface area (Å²) < 4.78 is 0. The molecular weight excluding hydrogens is 160 g/mol. The van der Waals surface area contributed by atoms with Crippen LogP contribution in [0.1, 0.15) is 0 Å². The van der Waals surface area contributed by atoms with Crippen molar-refractivity contribution in [1.29, 1.82) is 0 Å². The standard InChI is InChI=1S/C6H8N4O2/c11-4-8-9-6-2-1-5(10-12)3-7-6/h1-4,10,12H,(H,7,9)(H,8,11). The molecule has 0 radical (unpaired) electrons. The molecule has 0 aromatic carbocycles. The number of aromatic nitrogens is 1. The minimum Gasteiger partial charge on any atom is -0.291 e. The number of carbonyl (C=O) groups excluding carboxylic acids is 1. The second-order valence-corrected chi connectivity index (χ2v) is 1.93. The van der Waals surface area contributed by atoms with Gasteiger partial charge in [-0.3, -0.25) is 26.3 Å². The van der Waals surface area contributed by atoms with Crippen LogP contribution in [0.4, 0.5) is 11.5 Å². The molecule has 1 aromatic rings. The fourth-order valence-electron chi connectivity index (χ4n) is 0.637. The first-order valence-corrected chi connectivity index (χ1v) is 3.18. The SMILES string of the molecule is O=CNNc1ccc(NO)cn1. The number of carbonyl (C=O) groups is 1. The predicted octanol–water partition coefficient (Wildman–Crippen LogP) is -0.0444. The fraction of sp³-hybridized carbons (Fsp3) is 0. The molecule has 0 fully saturated rings. The first kappa shape index (κ1) is 8.28. The van der Waals surface area contributed by atoms with Crippen LogP contribution in [0.2, 0.25) is 0 Å². The molecule has 6 nitrogen and oxygen atoms in total. The van der Waals surface area contributed by atoms with Crippen LogP contribution in [0.25, 0.3) is 0 Å². The summed E-state index contributed by atoms with van der Waals surface area (Å²) in [4.78, 5) is 13.7. The third-order valence-electron chi connectivity index (χ3n) is 1.15. The zero-order valence-corrected chi connectivity index (χ0v) is 6.11. The van der Waals surface area contributed by atoms with E-state index in [9.17, 15) is 4.79 Å². The van der Waals surface area contributed by atoms with Crippen molar-refractivity contribution in [3.05, 3.63) is 18.3 Å². The summed E-state index contributed by atoms with van der Waals surface area (Å²) in [5, 5.41) is 8.42. The fourth-order valence-corrected chi connectivity index (χ4v) is 0.637. The third kappa shape index (κ3) is 2.10. The molecule has 0 bridgehead atoms. The zero-order chi connectivity index (χ0) is 8.81. The molecule has 1 amide bonds. The summed E-state index contributed by atoms with van der Waals surface area (Å²) in [5.41, 5.74) is 7.14. The molecule has 1 aromatic heterocycles. The van der Waals surface area contributed by atoms with E-state index in [-0.39, 0.29) is 0 Å². The number of nitrogens with one attached hydrogen (secondary N) is 3. The highest BCUT2D eigenvalue weighted by atomic mass is 16.5. The number of rotatable bonds is 4. The Morgan fingerprint density at radius 2 is 2.33 bits per heavy atom. The van der Waals surface area contributed by atoms with Crippen LogP contribution in [0.15, 0.2) is 18.3 Å². The maximum atomic E-state index is 9.85. The van der Waals surface area contributed by atoms with Gasteiger partial charge in [0.2, 0.25) is 6.41 Å². The van der Waals surface area contributed by atoms with Gasteiger partial charge in [0.15, 0.2) is 0 Å². The van der Waals surface area contributed by atoms with Gasteiger partial charge in [-0.05, 0) is 12.1 Å². The second-order valence-electron chi connectivity index (χ2n) is 1.93. The van der Waals surface area contributed by atoms with Crippen LogP contribution < -0.4 is 16.3 Å². The van der Waals surface area contributed by atoms with Crippen molar-refractivity contribution in [2.24, 2.45) is 0 Å². The molecule has 12 heavy (non-hydrogen) atoms. The van der Waals surface area contributed by atoms with Crippen LogP contribution in [0.5, 0.6) is 0 Å². The van der Waals surface area contributed by atoms with Gasteiger partial charge in [-0.1, -0.05) is 0 Å². The summed E-state index contributed by atoms with van der Waals surface area (Å²) in [5.74, 6) is 0.487. The minimum atomic E-state index is 0.478. The van der Waals surface area contributed by atoms with E-state index in [1.807, 2.05) is 5.48 Å². The number of nitrogens with zero attached hydrogens (tertiary/aromatic N) is 1. The van der Waals surface area contributed by atoms with Crippen molar-refractivity contribution in [2.45, 2.75) is 0 Å². The van der Waals surface area contributed by atoms with Crippen LogP contribution in [-0.4, -0.2) is 16.6 Å². The number of amides is 1. The van der Waals surface area contributed by atoms with Gasteiger partial charge >= 0.3 is 0 Å².